The number of hydroxylamine groups is 1. The van der Waals surface area contributed by atoms with Crippen LogP contribution in [0.5, 0.6) is 0 Å². The quantitative estimate of drug-likeness (QED) is 0.701. The van der Waals surface area contributed by atoms with Crippen LogP contribution in [-0.2, 0) is 0 Å². The third kappa shape index (κ3) is 1.94. The normalized spacial score (nSPS) is 13.0. The van der Waals surface area contributed by atoms with Crippen molar-refractivity contribution in [3.8, 4) is 0 Å². The Balaban J connectivity index is 3.01. The lowest BCUT2D eigenvalue weighted by molar-refractivity contribution is 0.133. The van der Waals surface area contributed by atoms with Gasteiger partial charge >= 0.3 is 0 Å². The van der Waals surface area contributed by atoms with Crippen molar-refractivity contribution in [1.82, 2.24) is 5.48 Å². The van der Waals surface area contributed by atoms with E-state index in [0.29, 0.717) is 10.6 Å². The molecule has 66 valence electrons. The van der Waals surface area contributed by atoms with E-state index in [1.807, 2.05) is 5.48 Å². The van der Waals surface area contributed by atoms with Crippen LogP contribution in [0, 0.1) is 5.82 Å². The second-order valence-electron chi connectivity index (χ2n) is 2.52. The van der Waals surface area contributed by atoms with Gasteiger partial charge in [0.05, 0.1) is 6.04 Å². The molecule has 1 aromatic carbocycles. The number of hydrogen-bond acceptors (Lipinski definition) is 2. The molecule has 0 spiro atoms. The number of hydrogen-bond donors (Lipinski definition) is 2. The van der Waals surface area contributed by atoms with Crippen LogP contribution in [0.1, 0.15) is 18.5 Å². The Kier molecular flexibility index (Phi) is 3.03. The summed E-state index contributed by atoms with van der Waals surface area (Å²) >= 11 is 5.71. The van der Waals surface area contributed by atoms with Crippen LogP contribution in [0.2, 0.25) is 5.02 Å². The highest BCUT2D eigenvalue weighted by molar-refractivity contribution is 6.31. The highest BCUT2D eigenvalue weighted by Gasteiger charge is 2.08. The SMILES string of the molecule is C[C@@H](NO)c1ccc(F)cc1Cl. The van der Waals surface area contributed by atoms with Crippen LogP contribution in [0.15, 0.2) is 18.2 Å². The van der Waals surface area contributed by atoms with Crippen LogP contribution < -0.4 is 5.48 Å². The van der Waals surface area contributed by atoms with Gasteiger partial charge in [0.1, 0.15) is 5.82 Å². The summed E-state index contributed by atoms with van der Waals surface area (Å²) in [5.41, 5.74) is 2.70. The van der Waals surface area contributed by atoms with Crippen LogP contribution in [0.25, 0.3) is 0 Å². The molecule has 1 rings (SSSR count). The van der Waals surface area contributed by atoms with Gasteiger partial charge in [-0.15, -0.1) is 0 Å². The third-order valence-electron chi connectivity index (χ3n) is 1.62. The van der Waals surface area contributed by atoms with Crippen molar-refractivity contribution >= 4 is 11.6 Å². The number of benzene rings is 1. The van der Waals surface area contributed by atoms with Gasteiger partial charge in [0.25, 0.3) is 0 Å². The molecular weight excluding hydrogens is 181 g/mol. The molecule has 0 aromatic heterocycles. The fourth-order valence-electron chi connectivity index (χ4n) is 0.922. The Morgan fingerprint density at radius 2 is 2.25 bits per heavy atom. The van der Waals surface area contributed by atoms with Crippen molar-refractivity contribution in [3.63, 3.8) is 0 Å². The Morgan fingerprint density at radius 1 is 1.58 bits per heavy atom. The molecule has 0 aliphatic carbocycles. The summed E-state index contributed by atoms with van der Waals surface area (Å²) < 4.78 is 12.5. The molecule has 2 nitrogen and oxygen atoms in total. The van der Waals surface area contributed by atoms with E-state index in [0.717, 1.165) is 0 Å². The summed E-state index contributed by atoms with van der Waals surface area (Å²) in [5.74, 6) is -0.381. The second-order valence-corrected chi connectivity index (χ2v) is 2.92. The molecule has 12 heavy (non-hydrogen) atoms. The lowest BCUT2D eigenvalue weighted by atomic mass is 10.1. The van der Waals surface area contributed by atoms with Crippen molar-refractivity contribution in [1.29, 1.82) is 0 Å². The Morgan fingerprint density at radius 3 is 2.75 bits per heavy atom. The van der Waals surface area contributed by atoms with Gasteiger partial charge in [0.2, 0.25) is 0 Å². The molecule has 0 bridgehead atoms. The van der Waals surface area contributed by atoms with Crippen LogP contribution >= 0.6 is 11.6 Å². The van der Waals surface area contributed by atoms with Gasteiger partial charge in [-0.2, -0.15) is 5.48 Å². The maximum Gasteiger partial charge on any atom is 0.124 e. The fourth-order valence-corrected chi connectivity index (χ4v) is 1.25. The number of nitrogens with one attached hydrogen (secondary N) is 1. The minimum absolute atomic E-state index is 0.293. The summed E-state index contributed by atoms with van der Waals surface area (Å²) in [6.45, 7) is 1.72. The van der Waals surface area contributed by atoms with E-state index < -0.39 is 0 Å². The first-order valence-corrected chi connectivity index (χ1v) is 3.87. The average molecular weight is 190 g/mol. The van der Waals surface area contributed by atoms with Crippen LogP contribution in [-0.4, -0.2) is 5.21 Å². The van der Waals surface area contributed by atoms with E-state index >= 15 is 0 Å². The van der Waals surface area contributed by atoms with E-state index in [-0.39, 0.29) is 11.9 Å². The van der Waals surface area contributed by atoms with Crippen LogP contribution in [0.4, 0.5) is 4.39 Å². The smallest absolute Gasteiger partial charge is 0.124 e. The molecule has 0 saturated carbocycles. The van der Waals surface area contributed by atoms with E-state index in [2.05, 4.69) is 0 Å². The maximum atomic E-state index is 12.5. The molecule has 0 fully saturated rings. The van der Waals surface area contributed by atoms with Gasteiger partial charge in [-0.3, -0.25) is 0 Å². The van der Waals surface area contributed by atoms with Gasteiger partial charge in [0, 0.05) is 5.02 Å². The molecule has 0 aliphatic rings. The first kappa shape index (κ1) is 9.45. The summed E-state index contributed by atoms with van der Waals surface area (Å²) in [4.78, 5) is 0. The van der Waals surface area contributed by atoms with Gasteiger partial charge in [-0.1, -0.05) is 17.7 Å². The van der Waals surface area contributed by atoms with Crippen molar-refractivity contribution < 1.29 is 9.60 Å². The van der Waals surface area contributed by atoms with Gasteiger partial charge in [-0.25, -0.2) is 4.39 Å². The van der Waals surface area contributed by atoms with Crippen molar-refractivity contribution in [2.45, 2.75) is 13.0 Å². The zero-order valence-corrected chi connectivity index (χ0v) is 7.27. The summed E-state index contributed by atoms with van der Waals surface area (Å²) in [6, 6.07) is 3.75. The number of halogens is 2. The molecule has 0 heterocycles. The first-order chi connectivity index (χ1) is 5.65. The Labute approximate surface area is 74.9 Å². The fraction of sp³-hybridized carbons (Fsp3) is 0.250. The molecular formula is C8H9ClFNO. The minimum Gasteiger partial charge on any atom is -0.316 e. The van der Waals surface area contributed by atoms with E-state index in [4.69, 9.17) is 16.8 Å². The summed E-state index contributed by atoms with van der Waals surface area (Å²) in [5, 5.41) is 8.89. The largest absolute Gasteiger partial charge is 0.316 e. The van der Waals surface area contributed by atoms with Crippen molar-refractivity contribution in [2.24, 2.45) is 0 Å². The predicted molar refractivity (Wildman–Crippen MR) is 44.7 cm³/mol. The minimum atomic E-state index is -0.381. The van der Waals surface area contributed by atoms with Gasteiger partial charge in [-0.05, 0) is 24.6 Å². The van der Waals surface area contributed by atoms with Gasteiger partial charge < -0.3 is 5.21 Å². The molecule has 0 unspecified atom stereocenters. The molecule has 1 atom stereocenters. The predicted octanol–water partition coefficient (Wildman–Crippen LogP) is 2.52. The van der Waals surface area contributed by atoms with E-state index in [1.165, 1.54) is 18.2 Å². The van der Waals surface area contributed by atoms with E-state index in [9.17, 15) is 4.39 Å². The van der Waals surface area contributed by atoms with E-state index in [1.54, 1.807) is 6.92 Å². The lowest BCUT2D eigenvalue weighted by Crippen LogP contribution is -2.13. The summed E-state index contributed by atoms with van der Waals surface area (Å²) in [7, 11) is 0. The zero-order valence-electron chi connectivity index (χ0n) is 6.51. The number of rotatable bonds is 2. The molecule has 0 amide bonds. The second kappa shape index (κ2) is 3.85. The molecule has 0 saturated heterocycles. The van der Waals surface area contributed by atoms with Crippen LogP contribution in [0.3, 0.4) is 0 Å². The Bertz CT molecular complexity index is 280. The Hall–Kier alpha value is -0.640. The standard InChI is InChI=1S/C8H9ClFNO/c1-5(11-12)7-3-2-6(10)4-8(7)9/h2-5,11-12H,1H3/t5-/m1/s1. The third-order valence-corrected chi connectivity index (χ3v) is 1.95. The molecule has 4 heteroatoms. The van der Waals surface area contributed by atoms with Crippen molar-refractivity contribution in [2.75, 3.05) is 0 Å². The lowest BCUT2D eigenvalue weighted by Gasteiger charge is -2.10. The topological polar surface area (TPSA) is 32.3 Å². The maximum absolute atomic E-state index is 12.5. The molecule has 0 aliphatic heterocycles. The first-order valence-electron chi connectivity index (χ1n) is 3.49. The van der Waals surface area contributed by atoms with Crippen molar-refractivity contribution in [3.05, 3.63) is 34.6 Å². The molecule has 2 N–H and O–H groups in total. The molecule has 0 radical (unpaired) electrons. The highest BCUT2D eigenvalue weighted by Crippen LogP contribution is 2.22. The summed E-state index contributed by atoms with van der Waals surface area (Å²) in [6.07, 6.45) is 0. The average Bonchev–Trinajstić information content (AvgIpc) is 2.03. The van der Waals surface area contributed by atoms with Gasteiger partial charge in [0.15, 0.2) is 0 Å². The zero-order chi connectivity index (χ0) is 9.14. The highest BCUT2D eigenvalue weighted by atomic mass is 35.5. The monoisotopic (exact) mass is 189 g/mol. The molecule has 1 aromatic rings.